The molecule has 4 fully saturated rings. The number of hydroxylamine groups is 1. The Morgan fingerprint density at radius 2 is 1.31 bits per heavy atom. The number of hydrogen-bond acceptors (Lipinski definition) is 8. The predicted molar refractivity (Wildman–Crippen MR) is 166 cm³/mol. The van der Waals surface area contributed by atoms with Crippen LogP contribution in [-0.4, -0.2) is 79.3 Å². The highest BCUT2D eigenvalue weighted by atomic mass is 16.6. The van der Waals surface area contributed by atoms with E-state index in [1.54, 1.807) is 0 Å². The second-order valence-electron chi connectivity index (χ2n) is 13.7. The average Bonchev–Trinajstić information content (AvgIpc) is 3.05. The SMILES string of the molecule is C#COC1CCC(C(=O)O)C(C(=O)NCC2CCC(CNOCC3CC(OCCOC4CCCCC4)CCC3C(=O)O)CC2)C1. The van der Waals surface area contributed by atoms with Crippen LogP contribution >= 0.6 is 0 Å². The number of hydrogen-bond donors (Lipinski definition) is 4. The molecule has 4 rings (SSSR count). The molecule has 4 aliphatic carbocycles. The summed E-state index contributed by atoms with van der Waals surface area (Å²) in [6.07, 6.45) is 20.7. The lowest BCUT2D eigenvalue weighted by molar-refractivity contribution is -0.150. The second-order valence-corrected chi connectivity index (χ2v) is 13.7. The van der Waals surface area contributed by atoms with E-state index in [-0.39, 0.29) is 24.0 Å². The molecule has 0 aliphatic heterocycles. The van der Waals surface area contributed by atoms with Crippen LogP contribution in [0.3, 0.4) is 0 Å². The van der Waals surface area contributed by atoms with Gasteiger partial charge in [-0.05, 0) is 94.8 Å². The van der Waals surface area contributed by atoms with Gasteiger partial charge >= 0.3 is 11.9 Å². The smallest absolute Gasteiger partial charge is 0.307 e. The quantitative estimate of drug-likeness (QED) is 0.111. The van der Waals surface area contributed by atoms with Crippen molar-refractivity contribution >= 4 is 17.8 Å². The number of aliphatic carboxylic acids is 2. The lowest BCUT2D eigenvalue weighted by Crippen LogP contribution is -2.44. The first-order valence-corrected chi connectivity index (χ1v) is 17.3. The molecule has 1 amide bonds. The zero-order valence-corrected chi connectivity index (χ0v) is 26.7. The van der Waals surface area contributed by atoms with Crippen LogP contribution in [0.5, 0.6) is 0 Å². The van der Waals surface area contributed by atoms with E-state index in [9.17, 15) is 24.6 Å². The fourth-order valence-electron chi connectivity index (χ4n) is 7.82. The first kappa shape index (κ1) is 35.5. The van der Waals surface area contributed by atoms with E-state index in [2.05, 4.69) is 16.9 Å². The molecule has 11 nitrogen and oxygen atoms in total. The number of ether oxygens (including phenoxy) is 3. The van der Waals surface area contributed by atoms with Gasteiger partial charge in [-0.2, -0.15) is 0 Å². The van der Waals surface area contributed by atoms with E-state index in [0.29, 0.717) is 83.0 Å². The van der Waals surface area contributed by atoms with Crippen LogP contribution in [0.4, 0.5) is 0 Å². The van der Waals surface area contributed by atoms with E-state index < -0.39 is 29.7 Å². The summed E-state index contributed by atoms with van der Waals surface area (Å²) in [7, 11) is 0. The number of amides is 1. The molecule has 0 bridgehead atoms. The Bertz CT molecular complexity index is 973. The van der Waals surface area contributed by atoms with Crippen molar-refractivity contribution in [2.24, 2.45) is 35.5 Å². The predicted octanol–water partition coefficient (Wildman–Crippen LogP) is 4.14. The summed E-state index contributed by atoms with van der Waals surface area (Å²) in [5, 5.41) is 22.4. The third-order valence-electron chi connectivity index (χ3n) is 10.6. The molecule has 4 saturated carbocycles. The first-order valence-electron chi connectivity index (χ1n) is 17.3. The van der Waals surface area contributed by atoms with Crippen LogP contribution in [0.1, 0.15) is 96.3 Å². The summed E-state index contributed by atoms with van der Waals surface area (Å²) in [5.74, 6) is -3.04. The van der Waals surface area contributed by atoms with E-state index in [0.717, 1.165) is 44.9 Å². The minimum Gasteiger partial charge on any atom is -0.481 e. The molecule has 4 aliphatic rings. The number of carboxylic acids is 2. The number of nitrogens with one attached hydrogen (secondary N) is 2. The zero-order valence-electron chi connectivity index (χ0n) is 26.7. The maximum Gasteiger partial charge on any atom is 0.307 e. The minimum atomic E-state index is -0.949. The van der Waals surface area contributed by atoms with E-state index in [1.807, 2.05) is 0 Å². The molecule has 254 valence electrons. The van der Waals surface area contributed by atoms with Crippen LogP contribution < -0.4 is 10.8 Å². The Morgan fingerprint density at radius 1 is 0.689 bits per heavy atom. The number of carbonyl (C=O) groups excluding carboxylic acids is 1. The second kappa shape index (κ2) is 18.7. The van der Waals surface area contributed by atoms with E-state index in [1.165, 1.54) is 19.3 Å². The van der Waals surface area contributed by atoms with Gasteiger partial charge in [-0.1, -0.05) is 25.7 Å². The molecule has 0 saturated heterocycles. The van der Waals surface area contributed by atoms with Crippen molar-refractivity contribution in [3.05, 3.63) is 0 Å². The third kappa shape index (κ3) is 11.4. The summed E-state index contributed by atoms with van der Waals surface area (Å²) in [6.45, 7) is 2.70. The van der Waals surface area contributed by atoms with Gasteiger partial charge in [-0.3, -0.25) is 14.4 Å². The lowest BCUT2D eigenvalue weighted by atomic mass is 9.77. The zero-order chi connectivity index (χ0) is 32.0. The van der Waals surface area contributed by atoms with E-state index in [4.69, 9.17) is 25.5 Å². The molecule has 0 spiro atoms. The molecular formula is C34H54N2O9. The van der Waals surface area contributed by atoms with Crippen molar-refractivity contribution < 1.29 is 43.6 Å². The Morgan fingerprint density at radius 3 is 1.98 bits per heavy atom. The highest BCUT2D eigenvalue weighted by Crippen LogP contribution is 2.34. The summed E-state index contributed by atoms with van der Waals surface area (Å²) in [4.78, 5) is 42.3. The van der Waals surface area contributed by atoms with Gasteiger partial charge < -0.3 is 34.6 Å². The van der Waals surface area contributed by atoms with Crippen molar-refractivity contribution in [2.75, 3.05) is 32.9 Å². The summed E-state index contributed by atoms with van der Waals surface area (Å²) >= 11 is 0. The molecule has 45 heavy (non-hydrogen) atoms. The standard InChI is InChI=1S/C34H54N2O9/c1-2-42-28-13-15-30(34(40)41)31(19-28)32(37)35-20-23-8-10-24(11-9-23)21-36-45-22-25-18-27(12-14-29(25)33(38)39)44-17-16-43-26-6-4-3-5-7-26/h1,23-31,36H,3-22H2,(H,35,37)(H,38,39)(H,40,41). The minimum absolute atomic E-state index is 0.0331. The molecule has 6 unspecified atom stereocenters. The molecule has 11 heteroatoms. The number of rotatable bonds is 16. The van der Waals surface area contributed by atoms with Crippen LogP contribution in [0.25, 0.3) is 0 Å². The van der Waals surface area contributed by atoms with Gasteiger partial charge in [0, 0.05) is 13.1 Å². The Balaban J connectivity index is 1.09. The fraction of sp³-hybridized carbons (Fsp3) is 0.853. The Hall–Kier alpha value is -2.39. The number of carboxylic acid groups (broad SMARTS) is 2. The lowest BCUT2D eigenvalue weighted by Gasteiger charge is -2.34. The van der Waals surface area contributed by atoms with Crippen molar-refractivity contribution in [3.8, 4) is 12.5 Å². The summed E-state index contributed by atoms with van der Waals surface area (Å²) < 4.78 is 17.3. The Kier molecular flexibility index (Phi) is 14.7. The molecular weight excluding hydrogens is 580 g/mol. The van der Waals surface area contributed by atoms with Gasteiger partial charge in [0.15, 0.2) is 0 Å². The molecule has 0 aromatic carbocycles. The normalized spacial score (nSPS) is 32.7. The monoisotopic (exact) mass is 634 g/mol. The number of terminal acetylenes is 1. The van der Waals surface area contributed by atoms with Crippen LogP contribution in [0.2, 0.25) is 0 Å². The molecule has 0 heterocycles. The van der Waals surface area contributed by atoms with Gasteiger partial charge in [-0.15, -0.1) is 0 Å². The maximum absolute atomic E-state index is 12.9. The van der Waals surface area contributed by atoms with Crippen LogP contribution in [0.15, 0.2) is 0 Å². The molecule has 0 aromatic rings. The van der Waals surface area contributed by atoms with Gasteiger partial charge in [0.2, 0.25) is 5.91 Å². The molecule has 6 atom stereocenters. The van der Waals surface area contributed by atoms with Crippen LogP contribution in [0, 0.1) is 48.0 Å². The van der Waals surface area contributed by atoms with Crippen molar-refractivity contribution in [2.45, 2.75) is 115 Å². The van der Waals surface area contributed by atoms with Crippen molar-refractivity contribution in [1.82, 2.24) is 10.8 Å². The summed E-state index contributed by atoms with van der Waals surface area (Å²) in [6, 6.07) is 0. The van der Waals surface area contributed by atoms with Crippen molar-refractivity contribution in [1.29, 1.82) is 0 Å². The maximum atomic E-state index is 12.9. The summed E-state index contributed by atoms with van der Waals surface area (Å²) in [5.41, 5.74) is 3.10. The first-order chi connectivity index (χ1) is 21.8. The van der Waals surface area contributed by atoms with Crippen LogP contribution in [-0.2, 0) is 33.4 Å². The average molecular weight is 635 g/mol. The highest BCUT2D eigenvalue weighted by Gasteiger charge is 2.40. The van der Waals surface area contributed by atoms with Gasteiger partial charge in [0.05, 0.1) is 49.8 Å². The molecule has 4 N–H and O–H groups in total. The van der Waals surface area contributed by atoms with E-state index >= 15 is 0 Å². The number of carbonyl (C=O) groups is 3. The van der Waals surface area contributed by atoms with Gasteiger partial charge in [-0.25, -0.2) is 5.48 Å². The molecule has 0 aromatic heterocycles. The third-order valence-corrected chi connectivity index (χ3v) is 10.6. The Labute approximate surface area is 267 Å². The highest BCUT2D eigenvalue weighted by molar-refractivity contribution is 5.85. The van der Waals surface area contributed by atoms with Crippen molar-refractivity contribution in [3.63, 3.8) is 0 Å². The topological polar surface area (TPSA) is 153 Å². The molecule has 0 radical (unpaired) electrons. The largest absolute Gasteiger partial charge is 0.481 e. The fourth-order valence-corrected chi connectivity index (χ4v) is 7.82. The van der Waals surface area contributed by atoms with Gasteiger partial charge in [0.1, 0.15) is 12.2 Å². The van der Waals surface area contributed by atoms with Gasteiger partial charge in [0.25, 0.3) is 0 Å².